The molecular weight excluding hydrogens is 475 g/mol. The van der Waals surface area contributed by atoms with Crippen LogP contribution in [-0.2, 0) is 37.0 Å². The molecule has 0 aromatic carbocycles. The first-order chi connectivity index (χ1) is 14.9. The van der Waals surface area contributed by atoms with E-state index in [0.29, 0.717) is 13.0 Å². The van der Waals surface area contributed by atoms with Crippen molar-refractivity contribution in [2.75, 3.05) is 26.1 Å². The Kier molecular flexibility index (Phi) is 14.9. The van der Waals surface area contributed by atoms with Crippen molar-refractivity contribution >= 4 is 22.7 Å². The maximum Gasteiger partial charge on any atom is 1.00 e. The summed E-state index contributed by atoms with van der Waals surface area (Å²) in [4.78, 5) is 21.2. The van der Waals surface area contributed by atoms with Crippen LogP contribution in [0.15, 0.2) is 17.1 Å². The van der Waals surface area contributed by atoms with Crippen molar-refractivity contribution in [1.82, 2.24) is 9.55 Å². The first-order valence-corrected chi connectivity index (χ1v) is 12.4. The average molecular weight is 507 g/mol. The summed E-state index contributed by atoms with van der Waals surface area (Å²) in [5.41, 5.74) is 4.93. The van der Waals surface area contributed by atoms with E-state index in [4.69, 9.17) is 38.1 Å². The van der Waals surface area contributed by atoms with Crippen LogP contribution in [0.4, 0.5) is 5.82 Å². The van der Waals surface area contributed by atoms with Gasteiger partial charge < -0.3 is 16.4 Å². The third kappa shape index (κ3) is 9.74. The molecule has 2 unspecified atom stereocenters. The Bertz CT molecular complexity index is 779. The van der Waals surface area contributed by atoms with Gasteiger partial charge in [0.1, 0.15) is 18.1 Å². The van der Waals surface area contributed by atoms with Gasteiger partial charge in [-0.1, -0.05) is 26.7 Å². The summed E-state index contributed by atoms with van der Waals surface area (Å²) in [7, 11) is -3.07. The molecule has 1 aliphatic heterocycles. The van der Waals surface area contributed by atoms with Crippen molar-refractivity contribution in [3.05, 3.63) is 22.7 Å². The molecule has 5 atom stereocenters. The molecule has 2 N–H and O–H groups in total. The Labute approximate surface area is 213 Å². The Morgan fingerprint density at radius 2 is 2.06 bits per heavy atom. The third-order valence-electron chi connectivity index (χ3n) is 4.26. The van der Waals surface area contributed by atoms with Crippen LogP contribution in [-0.4, -0.2) is 42.3 Å². The molecule has 0 aliphatic carbocycles. The van der Waals surface area contributed by atoms with Crippen LogP contribution < -0.4 is 41.0 Å². The number of aromatic nitrogens is 2. The van der Waals surface area contributed by atoms with Crippen molar-refractivity contribution in [2.45, 2.75) is 64.6 Å². The number of nitrogens with zero attached hydrogens (tertiary/aromatic N) is 2. The number of ether oxygens (including phenoxy) is 1. The molecule has 0 amide bonds. The summed E-state index contributed by atoms with van der Waals surface area (Å²) in [6.07, 6.45) is 2.16. The molecule has 1 saturated heterocycles. The van der Waals surface area contributed by atoms with Crippen LogP contribution in [0.1, 0.15) is 53.6 Å². The summed E-state index contributed by atoms with van der Waals surface area (Å²) < 4.78 is 46.0. The number of hydrogen-bond donors (Lipinski definition) is 1. The summed E-state index contributed by atoms with van der Waals surface area (Å²) in [6, 6.07) is 1.46. The Hall–Kier alpha value is 0.0600. The Balaban J connectivity index is 0.00000512. The molecule has 0 spiro atoms. The van der Waals surface area contributed by atoms with Gasteiger partial charge in [-0.05, 0) is 18.9 Å². The number of anilines is 1. The zero-order chi connectivity index (χ0) is 22.7. The molecule has 15 heteroatoms. The number of hydrogen-bond acceptors (Lipinski definition) is 11. The van der Waals surface area contributed by atoms with Gasteiger partial charge in [0.25, 0.3) is 0 Å². The van der Waals surface area contributed by atoms with E-state index in [2.05, 4.69) is 4.98 Å². The minimum Gasteiger partial charge on any atom is -1.00 e. The monoisotopic (exact) mass is 507 g/mol. The standard InChI is InChI=1S/C17H31N3O9P2.Na.H/c1-4-6-10-24-30-29-27-13-12-15(20-9-8-14(18)19-17(20)21)26-16(13)28-31(22,23-3)25-11-7-5-2;;/h8-9,13,15-16,30H,4-7,10-12H2,1-3H3,(H2,18,19,21);;/q;+1;-1/t13-,15+,16+,31?;;/m0../s1. The van der Waals surface area contributed by atoms with Gasteiger partial charge in [-0.2, -0.15) is 9.66 Å². The smallest absolute Gasteiger partial charge is 1.00 e. The number of unbranched alkanes of at least 4 members (excludes halogenated alkanes) is 2. The van der Waals surface area contributed by atoms with Gasteiger partial charge in [0.05, 0.1) is 13.2 Å². The first-order valence-electron chi connectivity index (χ1n) is 10.1. The molecule has 1 aliphatic rings. The van der Waals surface area contributed by atoms with Crippen LogP contribution in [0, 0.1) is 0 Å². The molecular formula is C17H32N3NaO9P2. The predicted molar refractivity (Wildman–Crippen MR) is 114 cm³/mol. The number of phosphoric ester groups is 1. The summed E-state index contributed by atoms with van der Waals surface area (Å²) in [5, 5.41) is 0. The van der Waals surface area contributed by atoms with Crippen LogP contribution in [0.5, 0.6) is 0 Å². The second-order valence-corrected chi connectivity index (χ2v) is 9.01. The number of nitrogen functional groups attached to an aromatic ring is 1. The van der Waals surface area contributed by atoms with Crippen LogP contribution in [0.2, 0.25) is 0 Å². The predicted octanol–water partition coefficient (Wildman–Crippen LogP) is 0.417. The van der Waals surface area contributed by atoms with E-state index in [1.54, 1.807) is 0 Å². The van der Waals surface area contributed by atoms with Crippen LogP contribution >= 0.6 is 16.9 Å². The van der Waals surface area contributed by atoms with Crippen LogP contribution in [0.25, 0.3) is 0 Å². The fraction of sp³-hybridized carbons (Fsp3) is 0.765. The molecule has 1 aromatic rings. The molecule has 2 rings (SSSR count). The molecule has 0 radical (unpaired) electrons. The van der Waals surface area contributed by atoms with Crippen LogP contribution in [0.3, 0.4) is 0 Å². The van der Waals surface area contributed by atoms with Gasteiger partial charge in [-0.25, -0.2) is 14.2 Å². The molecule has 180 valence electrons. The fourth-order valence-electron chi connectivity index (χ4n) is 2.55. The zero-order valence-corrected chi connectivity index (χ0v) is 22.8. The number of rotatable bonds is 15. The zero-order valence-electron chi connectivity index (χ0n) is 19.9. The van der Waals surface area contributed by atoms with Crippen molar-refractivity contribution < 1.29 is 67.9 Å². The van der Waals surface area contributed by atoms with E-state index in [1.807, 2.05) is 13.8 Å². The minimum atomic E-state index is -3.92. The molecule has 32 heavy (non-hydrogen) atoms. The minimum absolute atomic E-state index is 0. The quantitative estimate of drug-likeness (QED) is 0.116. The van der Waals surface area contributed by atoms with Gasteiger partial charge in [0.15, 0.2) is 9.03 Å². The van der Waals surface area contributed by atoms with Crippen molar-refractivity contribution in [2.24, 2.45) is 0 Å². The number of nitrogens with two attached hydrogens (primary N) is 1. The fourth-order valence-corrected chi connectivity index (χ4v) is 4.03. The second kappa shape index (κ2) is 15.9. The molecule has 2 heterocycles. The van der Waals surface area contributed by atoms with Crippen molar-refractivity contribution in [3.8, 4) is 0 Å². The van der Waals surface area contributed by atoms with E-state index >= 15 is 0 Å². The van der Waals surface area contributed by atoms with Crippen molar-refractivity contribution in [1.29, 1.82) is 0 Å². The number of phosphoric acid groups is 1. The molecule has 1 fully saturated rings. The molecule has 0 bridgehead atoms. The van der Waals surface area contributed by atoms with E-state index in [-0.39, 0.29) is 58.9 Å². The summed E-state index contributed by atoms with van der Waals surface area (Å²) >= 11 is 0. The average Bonchev–Trinajstić information content (AvgIpc) is 3.12. The second-order valence-electron chi connectivity index (χ2n) is 6.66. The van der Waals surface area contributed by atoms with Crippen molar-refractivity contribution in [3.63, 3.8) is 0 Å². The molecule has 0 saturated carbocycles. The Morgan fingerprint density at radius 3 is 2.72 bits per heavy atom. The topological polar surface area (TPSA) is 143 Å². The molecule has 1 aromatic heterocycles. The van der Waals surface area contributed by atoms with E-state index < -0.39 is 32.1 Å². The Morgan fingerprint density at radius 1 is 1.34 bits per heavy atom. The van der Waals surface area contributed by atoms with E-state index in [9.17, 15) is 9.36 Å². The van der Waals surface area contributed by atoms with Gasteiger partial charge in [-0.15, -0.1) is 0 Å². The maximum absolute atomic E-state index is 12.8. The van der Waals surface area contributed by atoms with Gasteiger partial charge in [0.2, 0.25) is 6.29 Å². The maximum atomic E-state index is 12.8. The van der Waals surface area contributed by atoms with Gasteiger partial charge in [-0.3, -0.25) is 18.1 Å². The van der Waals surface area contributed by atoms with Gasteiger partial charge >= 0.3 is 43.1 Å². The summed E-state index contributed by atoms with van der Waals surface area (Å²) in [6.45, 7) is 4.74. The molecule has 12 nitrogen and oxygen atoms in total. The summed E-state index contributed by atoms with van der Waals surface area (Å²) in [5.74, 6) is 0.0850. The first kappa shape index (κ1) is 30.1. The van der Waals surface area contributed by atoms with Gasteiger partial charge in [0, 0.05) is 19.7 Å². The van der Waals surface area contributed by atoms with E-state index in [0.717, 1.165) is 19.3 Å². The largest absolute Gasteiger partial charge is 1.00 e. The normalized spacial score (nSPS) is 22.8. The SMILES string of the molecule is CCCCOPOO[C@H]1C[C@H](n2ccc(N)nc2=O)O[C@@H]1OP(=O)(OC)OCCCC.[H-].[Na+]. The van der Waals surface area contributed by atoms with E-state index in [1.165, 1.54) is 23.9 Å². The third-order valence-corrected chi connectivity index (χ3v) is 6.16.